The molecule has 0 radical (unpaired) electrons. The van der Waals surface area contributed by atoms with E-state index in [2.05, 4.69) is 4.98 Å². The Bertz CT molecular complexity index is 652. The zero-order valence-electron chi connectivity index (χ0n) is 12.2. The predicted octanol–water partition coefficient (Wildman–Crippen LogP) is 2.89. The van der Waals surface area contributed by atoms with Gasteiger partial charge in [0.2, 0.25) is 5.75 Å². The van der Waals surface area contributed by atoms with Crippen molar-refractivity contribution in [1.82, 2.24) is 9.55 Å². The van der Waals surface area contributed by atoms with Crippen molar-refractivity contribution in [3.05, 3.63) is 34.6 Å². The third-order valence-corrected chi connectivity index (χ3v) is 3.05. The summed E-state index contributed by atoms with van der Waals surface area (Å²) in [4.78, 5) is 15.1. The van der Waals surface area contributed by atoms with Crippen LogP contribution in [0.15, 0.2) is 24.5 Å². The number of nitro groups is 1. The molecular formula is C14H17N3O4. The third-order valence-electron chi connectivity index (χ3n) is 3.05. The number of aryl methyl sites for hydroxylation is 1. The van der Waals surface area contributed by atoms with Crippen LogP contribution in [-0.2, 0) is 6.54 Å². The average Bonchev–Trinajstić information content (AvgIpc) is 2.95. The van der Waals surface area contributed by atoms with E-state index >= 15 is 0 Å². The highest BCUT2D eigenvalue weighted by Gasteiger charge is 2.23. The average molecular weight is 291 g/mol. The highest BCUT2D eigenvalue weighted by molar-refractivity contribution is 5.69. The molecule has 2 rings (SSSR count). The minimum atomic E-state index is -0.476. The van der Waals surface area contributed by atoms with Gasteiger partial charge in [0.15, 0.2) is 5.75 Å². The van der Waals surface area contributed by atoms with Crippen molar-refractivity contribution >= 4 is 5.69 Å². The van der Waals surface area contributed by atoms with E-state index in [1.165, 1.54) is 13.2 Å². The standard InChI is InChI=1S/C14H17N3O4/c1-4-16-7-6-15-14(16)10-8-11(17(18)19)13(21-5-2)12(9-10)20-3/h6-9H,4-5H2,1-3H3. The molecule has 0 aliphatic rings. The second kappa shape index (κ2) is 6.25. The van der Waals surface area contributed by atoms with Crippen LogP contribution in [0.3, 0.4) is 0 Å². The normalized spacial score (nSPS) is 10.4. The first-order valence-corrected chi connectivity index (χ1v) is 6.63. The molecule has 0 amide bonds. The van der Waals surface area contributed by atoms with E-state index in [0.717, 1.165) is 6.54 Å². The summed E-state index contributed by atoms with van der Waals surface area (Å²) in [6, 6.07) is 3.16. The SMILES string of the molecule is CCOc1c(OC)cc(-c2nccn2CC)cc1[N+](=O)[O-]. The Kier molecular flexibility index (Phi) is 4.42. The molecule has 0 saturated carbocycles. The molecule has 2 aromatic rings. The first-order chi connectivity index (χ1) is 10.1. The summed E-state index contributed by atoms with van der Waals surface area (Å²) in [6.07, 6.45) is 3.48. The van der Waals surface area contributed by atoms with Crippen LogP contribution in [0.1, 0.15) is 13.8 Å². The molecule has 7 nitrogen and oxygen atoms in total. The maximum absolute atomic E-state index is 11.3. The number of benzene rings is 1. The van der Waals surface area contributed by atoms with E-state index in [4.69, 9.17) is 9.47 Å². The topological polar surface area (TPSA) is 79.4 Å². The maximum Gasteiger partial charge on any atom is 0.315 e. The zero-order valence-corrected chi connectivity index (χ0v) is 12.2. The van der Waals surface area contributed by atoms with Crippen LogP contribution in [0.5, 0.6) is 11.5 Å². The number of hydrogen-bond donors (Lipinski definition) is 0. The Morgan fingerprint density at radius 3 is 2.71 bits per heavy atom. The van der Waals surface area contributed by atoms with Gasteiger partial charge in [-0.05, 0) is 19.9 Å². The van der Waals surface area contributed by atoms with Gasteiger partial charge in [0.25, 0.3) is 0 Å². The summed E-state index contributed by atoms with van der Waals surface area (Å²) >= 11 is 0. The second-order valence-corrected chi connectivity index (χ2v) is 4.25. The summed E-state index contributed by atoms with van der Waals surface area (Å²) in [7, 11) is 1.46. The number of imidazole rings is 1. The maximum atomic E-state index is 11.3. The fourth-order valence-corrected chi connectivity index (χ4v) is 2.12. The van der Waals surface area contributed by atoms with E-state index in [9.17, 15) is 10.1 Å². The fourth-order valence-electron chi connectivity index (χ4n) is 2.12. The van der Waals surface area contributed by atoms with E-state index in [1.54, 1.807) is 19.2 Å². The number of nitro benzene ring substituents is 1. The quantitative estimate of drug-likeness (QED) is 0.604. The van der Waals surface area contributed by atoms with Crippen LogP contribution in [0, 0.1) is 10.1 Å². The molecule has 0 aliphatic carbocycles. The molecule has 7 heteroatoms. The monoisotopic (exact) mass is 291 g/mol. The summed E-state index contributed by atoms with van der Waals surface area (Å²) in [5.41, 5.74) is 0.491. The third kappa shape index (κ3) is 2.81. The van der Waals surface area contributed by atoms with E-state index < -0.39 is 4.92 Å². The van der Waals surface area contributed by atoms with E-state index in [0.29, 0.717) is 23.7 Å². The Hall–Kier alpha value is -2.57. The van der Waals surface area contributed by atoms with Gasteiger partial charge in [-0.2, -0.15) is 0 Å². The molecule has 0 unspecified atom stereocenters. The van der Waals surface area contributed by atoms with Crippen LogP contribution in [0.25, 0.3) is 11.4 Å². The summed E-state index contributed by atoms with van der Waals surface area (Å²) in [5.74, 6) is 1.12. The van der Waals surface area contributed by atoms with Crippen molar-refractivity contribution < 1.29 is 14.4 Å². The first kappa shape index (κ1) is 14.8. The number of aromatic nitrogens is 2. The van der Waals surface area contributed by atoms with Crippen molar-refractivity contribution in [3.63, 3.8) is 0 Å². The summed E-state index contributed by atoms with van der Waals surface area (Å²) < 4.78 is 12.5. The highest BCUT2D eigenvalue weighted by Crippen LogP contribution is 2.40. The van der Waals surface area contributed by atoms with Gasteiger partial charge in [-0.1, -0.05) is 0 Å². The van der Waals surface area contributed by atoms with Gasteiger partial charge in [-0.15, -0.1) is 0 Å². The molecular weight excluding hydrogens is 274 g/mol. The molecule has 1 aromatic heterocycles. The smallest absolute Gasteiger partial charge is 0.315 e. The van der Waals surface area contributed by atoms with Crippen LogP contribution < -0.4 is 9.47 Å². The summed E-state index contributed by atoms with van der Waals surface area (Å²) in [5, 5.41) is 11.3. The highest BCUT2D eigenvalue weighted by atomic mass is 16.6. The van der Waals surface area contributed by atoms with E-state index in [1.807, 2.05) is 17.7 Å². The molecule has 1 aromatic carbocycles. The molecule has 0 N–H and O–H groups in total. The Morgan fingerprint density at radius 2 is 2.14 bits per heavy atom. The lowest BCUT2D eigenvalue weighted by Crippen LogP contribution is -2.02. The number of hydrogen-bond acceptors (Lipinski definition) is 5. The Balaban J connectivity index is 2.64. The predicted molar refractivity (Wildman–Crippen MR) is 77.7 cm³/mol. The lowest BCUT2D eigenvalue weighted by Gasteiger charge is -2.12. The van der Waals surface area contributed by atoms with Crippen LogP contribution in [0.4, 0.5) is 5.69 Å². The molecule has 112 valence electrons. The minimum Gasteiger partial charge on any atom is -0.493 e. The van der Waals surface area contributed by atoms with Gasteiger partial charge < -0.3 is 14.0 Å². The number of nitrogens with zero attached hydrogens (tertiary/aromatic N) is 3. The van der Waals surface area contributed by atoms with Gasteiger partial charge in [0.05, 0.1) is 18.6 Å². The molecule has 0 fully saturated rings. The van der Waals surface area contributed by atoms with Gasteiger partial charge >= 0.3 is 5.69 Å². The van der Waals surface area contributed by atoms with Gasteiger partial charge in [0.1, 0.15) is 5.82 Å². The second-order valence-electron chi connectivity index (χ2n) is 4.25. The molecule has 0 atom stereocenters. The largest absolute Gasteiger partial charge is 0.493 e. The van der Waals surface area contributed by atoms with Crippen molar-refractivity contribution in [2.75, 3.05) is 13.7 Å². The summed E-state index contributed by atoms with van der Waals surface area (Å²) in [6.45, 7) is 4.78. The lowest BCUT2D eigenvalue weighted by atomic mass is 10.1. The number of ether oxygens (including phenoxy) is 2. The van der Waals surface area contributed by atoms with Gasteiger partial charge in [-0.25, -0.2) is 4.98 Å². The molecule has 0 saturated heterocycles. The van der Waals surface area contributed by atoms with Crippen LogP contribution in [0.2, 0.25) is 0 Å². The fraction of sp³-hybridized carbons (Fsp3) is 0.357. The molecule has 21 heavy (non-hydrogen) atoms. The lowest BCUT2D eigenvalue weighted by molar-refractivity contribution is -0.385. The Labute approximate surface area is 122 Å². The van der Waals surface area contributed by atoms with E-state index in [-0.39, 0.29) is 11.4 Å². The van der Waals surface area contributed by atoms with Crippen LogP contribution >= 0.6 is 0 Å². The van der Waals surface area contributed by atoms with Crippen molar-refractivity contribution in [3.8, 4) is 22.9 Å². The number of rotatable bonds is 6. The molecule has 0 aliphatic heterocycles. The molecule has 1 heterocycles. The van der Waals surface area contributed by atoms with Crippen molar-refractivity contribution in [2.45, 2.75) is 20.4 Å². The zero-order chi connectivity index (χ0) is 15.4. The van der Waals surface area contributed by atoms with Crippen LogP contribution in [-0.4, -0.2) is 28.2 Å². The number of methoxy groups -OCH3 is 1. The molecule has 0 bridgehead atoms. The van der Waals surface area contributed by atoms with Crippen molar-refractivity contribution in [1.29, 1.82) is 0 Å². The van der Waals surface area contributed by atoms with Gasteiger partial charge in [-0.3, -0.25) is 10.1 Å². The van der Waals surface area contributed by atoms with Crippen molar-refractivity contribution in [2.24, 2.45) is 0 Å². The Morgan fingerprint density at radius 1 is 1.38 bits per heavy atom. The minimum absolute atomic E-state index is 0.128. The van der Waals surface area contributed by atoms with Gasteiger partial charge in [0, 0.05) is 30.6 Å². The molecule has 0 spiro atoms. The first-order valence-electron chi connectivity index (χ1n) is 6.63.